The van der Waals surface area contributed by atoms with E-state index in [1.165, 1.54) is 0 Å². The molecule has 0 unspecified atom stereocenters. The first-order valence-corrected chi connectivity index (χ1v) is 11.5. The van der Waals surface area contributed by atoms with Crippen molar-refractivity contribution in [3.05, 3.63) is 47.3 Å². The summed E-state index contributed by atoms with van der Waals surface area (Å²) in [7, 11) is 3.21. The quantitative estimate of drug-likeness (QED) is 0.587. The van der Waals surface area contributed by atoms with Crippen LogP contribution in [-0.2, 0) is 11.3 Å². The summed E-state index contributed by atoms with van der Waals surface area (Å²) in [5, 5.41) is 13.7. The molecule has 1 N–H and O–H groups in total. The Balaban J connectivity index is 1.31. The minimum atomic E-state index is 0.00715. The molecule has 4 rings (SSSR count). The van der Waals surface area contributed by atoms with Crippen LogP contribution in [0, 0.1) is 19.8 Å². The van der Waals surface area contributed by atoms with Crippen LogP contribution in [0.25, 0.3) is 5.13 Å². The maximum atomic E-state index is 12.7. The van der Waals surface area contributed by atoms with Crippen molar-refractivity contribution in [1.82, 2.24) is 20.1 Å². The zero-order chi connectivity index (χ0) is 22.7. The lowest BCUT2D eigenvalue weighted by atomic mass is 9.96. The molecule has 0 bridgehead atoms. The lowest BCUT2D eigenvalue weighted by Gasteiger charge is -2.30. The predicted molar refractivity (Wildman–Crippen MR) is 125 cm³/mol. The molecular formula is C23H29N5O3S. The van der Waals surface area contributed by atoms with E-state index in [4.69, 9.17) is 9.47 Å². The fourth-order valence-electron chi connectivity index (χ4n) is 4.05. The van der Waals surface area contributed by atoms with Gasteiger partial charge in [0.2, 0.25) is 16.2 Å². The molecule has 8 nitrogen and oxygen atoms in total. The zero-order valence-corrected chi connectivity index (χ0v) is 19.7. The molecule has 2 aromatic heterocycles. The van der Waals surface area contributed by atoms with Gasteiger partial charge in [0.25, 0.3) is 0 Å². The zero-order valence-electron chi connectivity index (χ0n) is 18.9. The number of piperidine rings is 1. The summed E-state index contributed by atoms with van der Waals surface area (Å²) in [5.41, 5.74) is 3.27. The van der Waals surface area contributed by atoms with Crippen LogP contribution in [0.2, 0.25) is 0 Å². The first-order valence-electron chi connectivity index (χ1n) is 10.7. The van der Waals surface area contributed by atoms with Crippen molar-refractivity contribution < 1.29 is 14.3 Å². The van der Waals surface area contributed by atoms with Crippen molar-refractivity contribution in [2.45, 2.75) is 33.2 Å². The minimum Gasteiger partial charge on any atom is -0.493 e. The SMILES string of the molecule is COc1ccc(CNC(=O)C2CCN(c3nnc(-n4c(C)ccc4C)s3)CC2)cc1OC. The standard InChI is InChI=1S/C23H29N5O3S/c1-15-5-6-16(2)28(15)23-26-25-22(32-23)27-11-9-18(10-12-27)21(29)24-14-17-7-8-19(30-3)20(13-17)31-4/h5-8,13,18H,9-12,14H2,1-4H3,(H,24,29). The number of carbonyl (C=O) groups excluding carboxylic acids is 1. The molecule has 1 aromatic carbocycles. The first-order chi connectivity index (χ1) is 15.5. The smallest absolute Gasteiger partial charge is 0.223 e. The van der Waals surface area contributed by atoms with Gasteiger partial charge in [-0.2, -0.15) is 0 Å². The summed E-state index contributed by atoms with van der Waals surface area (Å²) >= 11 is 1.59. The van der Waals surface area contributed by atoms with Crippen molar-refractivity contribution in [2.75, 3.05) is 32.2 Å². The fourth-order valence-corrected chi connectivity index (χ4v) is 5.07. The number of nitrogens with one attached hydrogen (secondary N) is 1. The highest BCUT2D eigenvalue weighted by Gasteiger charge is 2.27. The Kier molecular flexibility index (Phi) is 6.64. The Morgan fingerprint density at radius 2 is 1.69 bits per heavy atom. The van der Waals surface area contributed by atoms with Gasteiger partial charge < -0.3 is 19.7 Å². The molecule has 9 heteroatoms. The van der Waals surface area contributed by atoms with Gasteiger partial charge in [0, 0.05) is 36.9 Å². The monoisotopic (exact) mass is 455 g/mol. The molecule has 3 heterocycles. The Labute approximate surface area is 192 Å². The number of carbonyl (C=O) groups is 1. The second-order valence-corrected chi connectivity index (χ2v) is 8.92. The summed E-state index contributed by atoms with van der Waals surface area (Å²) in [6.45, 7) is 6.20. The Hall–Kier alpha value is -3.07. The number of rotatable bonds is 7. The average molecular weight is 456 g/mol. The van der Waals surface area contributed by atoms with E-state index in [0.29, 0.717) is 18.0 Å². The molecule has 1 saturated heterocycles. The Morgan fingerprint density at radius 3 is 2.34 bits per heavy atom. The van der Waals surface area contributed by atoms with Crippen LogP contribution in [0.3, 0.4) is 0 Å². The molecular weight excluding hydrogens is 426 g/mol. The minimum absolute atomic E-state index is 0.00715. The molecule has 0 radical (unpaired) electrons. The van der Waals surface area contributed by atoms with E-state index in [-0.39, 0.29) is 11.8 Å². The van der Waals surface area contributed by atoms with Crippen molar-refractivity contribution in [3.8, 4) is 16.6 Å². The summed E-state index contributed by atoms with van der Waals surface area (Å²) in [4.78, 5) is 14.9. The van der Waals surface area contributed by atoms with E-state index in [1.807, 2.05) is 18.2 Å². The average Bonchev–Trinajstić information content (AvgIpc) is 3.43. The third-order valence-corrected chi connectivity index (χ3v) is 6.89. The Bertz CT molecular complexity index is 1070. The van der Waals surface area contributed by atoms with Gasteiger partial charge in [-0.1, -0.05) is 17.4 Å². The van der Waals surface area contributed by atoms with Crippen LogP contribution < -0.4 is 19.7 Å². The maximum Gasteiger partial charge on any atom is 0.223 e. The summed E-state index contributed by atoms with van der Waals surface area (Å²) < 4.78 is 12.7. The molecule has 0 aliphatic carbocycles. The summed E-state index contributed by atoms with van der Waals surface area (Å²) in [5.74, 6) is 1.44. The second kappa shape index (κ2) is 9.60. The van der Waals surface area contributed by atoms with Crippen LogP contribution in [0.15, 0.2) is 30.3 Å². The summed E-state index contributed by atoms with van der Waals surface area (Å²) in [6, 6.07) is 9.85. The number of hydrogen-bond acceptors (Lipinski definition) is 7. The molecule has 0 saturated carbocycles. The Morgan fingerprint density at radius 1 is 1.03 bits per heavy atom. The molecule has 3 aromatic rings. The molecule has 1 aliphatic heterocycles. The van der Waals surface area contributed by atoms with Crippen LogP contribution in [0.5, 0.6) is 11.5 Å². The molecule has 170 valence electrons. The molecule has 0 spiro atoms. The van der Waals surface area contributed by atoms with Gasteiger partial charge in [0.05, 0.1) is 14.2 Å². The van der Waals surface area contributed by atoms with Crippen molar-refractivity contribution in [2.24, 2.45) is 5.92 Å². The number of aromatic nitrogens is 3. The van der Waals surface area contributed by atoms with Crippen molar-refractivity contribution >= 4 is 22.4 Å². The van der Waals surface area contributed by atoms with E-state index in [1.54, 1.807) is 25.6 Å². The van der Waals surface area contributed by atoms with Gasteiger partial charge in [0.1, 0.15) is 0 Å². The normalized spacial score (nSPS) is 14.4. The van der Waals surface area contributed by atoms with Crippen molar-refractivity contribution in [1.29, 1.82) is 0 Å². The van der Waals surface area contributed by atoms with Gasteiger partial charge in [-0.05, 0) is 56.5 Å². The van der Waals surface area contributed by atoms with Gasteiger partial charge >= 0.3 is 0 Å². The third kappa shape index (κ3) is 4.57. The van der Waals surface area contributed by atoms with Crippen LogP contribution in [0.4, 0.5) is 5.13 Å². The number of benzene rings is 1. The molecule has 32 heavy (non-hydrogen) atoms. The summed E-state index contributed by atoms with van der Waals surface area (Å²) in [6.07, 6.45) is 1.60. The van der Waals surface area contributed by atoms with Crippen LogP contribution in [-0.4, -0.2) is 48.0 Å². The lowest BCUT2D eigenvalue weighted by molar-refractivity contribution is -0.125. The van der Waals surface area contributed by atoms with E-state index < -0.39 is 0 Å². The number of nitrogens with zero attached hydrogens (tertiary/aromatic N) is 4. The second-order valence-electron chi connectivity index (χ2n) is 7.99. The highest BCUT2D eigenvalue weighted by molar-refractivity contribution is 7.17. The molecule has 0 atom stereocenters. The van der Waals surface area contributed by atoms with Gasteiger partial charge in [0.15, 0.2) is 11.5 Å². The number of anilines is 1. The maximum absolute atomic E-state index is 12.7. The van der Waals surface area contributed by atoms with Gasteiger partial charge in [-0.25, -0.2) is 0 Å². The van der Waals surface area contributed by atoms with E-state index in [0.717, 1.165) is 53.1 Å². The largest absolute Gasteiger partial charge is 0.493 e. The fraction of sp³-hybridized carbons (Fsp3) is 0.435. The van der Waals surface area contributed by atoms with Crippen LogP contribution >= 0.6 is 11.3 Å². The molecule has 1 fully saturated rings. The lowest BCUT2D eigenvalue weighted by Crippen LogP contribution is -2.40. The van der Waals surface area contributed by atoms with Crippen LogP contribution in [0.1, 0.15) is 29.8 Å². The van der Waals surface area contributed by atoms with Crippen molar-refractivity contribution in [3.63, 3.8) is 0 Å². The van der Waals surface area contributed by atoms with Gasteiger partial charge in [-0.3, -0.25) is 9.36 Å². The van der Waals surface area contributed by atoms with E-state index >= 15 is 0 Å². The number of aryl methyl sites for hydroxylation is 2. The topological polar surface area (TPSA) is 81.5 Å². The number of methoxy groups -OCH3 is 2. The van der Waals surface area contributed by atoms with E-state index in [2.05, 4.69) is 51.0 Å². The first kappa shape index (κ1) is 22.1. The molecule has 1 aliphatic rings. The highest BCUT2D eigenvalue weighted by Crippen LogP contribution is 2.30. The van der Waals surface area contributed by atoms with E-state index in [9.17, 15) is 4.79 Å². The number of amides is 1. The number of ether oxygens (including phenoxy) is 2. The third-order valence-electron chi connectivity index (χ3n) is 5.92. The number of hydrogen-bond donors (Lipinski definition) is 1. The highest BCUT2D eigenvalue weighted by atomic mass is 32.1. The predicted octanol–water partition coefficient (Wildman–Crippen LogP) is 3.50. The molecule has 1 amide bonds. The van der Waals surface area contributed by atoms with Gasteiger partial charge in [-0.15, -0.1) is 10.2 Å².